The summed E-state index contributed by atoms with van der Waals surface area (Å²) in [5.74, 6) is 0. The van der Waals surface area contributed by atoms with Crippen molar-refractivity contribution in [1.29, 1.82) is 5.26 Å². The second-order valence-corrected chi connectivity index (χ2v) is 9.74. The zero-order valence-corrected chi connectivity index (χ0v) is 17.7. The lowest BCUT2D eigenvalue weighted by molar-refractivity contribution is -0.00000536. The highest BCUT2D eigenvalue weighted by Crippen LogP contribution is 2.54. The van der Waals surface area contributed by atoms with E-state index in [1.54, 1.807) is 0 Å². The molecule has 0 saturated heterocycles. The predicted octanol–water partition coefficient (Wildman–Crippen LogP) is 1.18. The molecular weight excluding hydrogens is 425 g/mol. The number of benzene rings is 4. The standard InChI is InChI=1S/C25H19NP.BrH/c26-20-21-16-18-25(19-17-21)27(22-10-4-1-5-11-22,23-12-6-2-7-13-23)24-14-8-3-9-15-24;/h1-19H;1H/q+1;/p-1. The van der Waals surface area contributed by atoms with Gasteiger partial charge in [0.25, 0.3) is 0 Å². The summed E-state index contributed by atoms with van der Waals surface area (Å²) >= 11 is 0. The molecule has 0 aliphatic rings. The molecule has 0 radical (unpaired) electrons. The van der Waals surface area contributed by atoms with Crippen LogP contribution in [0.5, 0.6) is 0 Å². The lowest BCUT2D eigenvalue weighted by atomic mass is 10.2. The van der Waals surface area contributed by atoms with E-state index < -0.39 is 7.26 Å². The molecule has 0 bridgehead atoms. The maximum Gasteiger partial charge on any atom is 0.144 e. The Morgan fingerprint density at radius 2 is 0.786 bits per heavy atom. The Morgan fingerprint density at radius 1 is 0.464 bits per heavy atom. The molecule has 0 N–H and O–H groups in total. The number of rotatable bonds is 4. The highest BCUT2D eigenvalue weighted by atomic mass is 79.9. The third kappa shape index (κ3) is 3.52. The third-order valence-corrected chi connectivity index (χ3v) is 9.11. The zero-order valence-electron chi connectivity index (χ0n) is 15.2. The van der Waals surface area contributed by atoms with E-state index in [1.165, 1.54) is 21.2 Å². The first-order valence-corrected chi connectivity index (χ1v) is 10.7. The maximum absolute atomic E-state index is 9.24. The fraction of sp³-hybridized carbons (Fsp3) is 0. The first-order chi connectivity index (χ1) is 13.4. The van der Waals surface area contributed by atoms with Crippen molar-refractivity contribution in [2.45, 2.75) is 0 Å². The third-order valence-electron chi connectivity index (χ3n) is 4.81. The Bertz CT molecular complexity index is 960. The minimum absolute atomic E-state index is 0. The molecule has 0 aromatic heterocycles. The summed E-state index contributed by atoms with van der Waals surface area (Å²) in [5.41, 5.74) is 0.686. The average molecular weight is 444 g/mol. The number of hydrogen-bond donors (Lipinski definition) is 0. The minimum Gasteiger partial charge on any atom is -1.00 e. The molecule has 136 valence electrons. The second-order valence-electron chi connectivity index (χ2n) is 6.34. The van der Waals surface area contributed by atoms with Crippen LogP contribution in [0.25, 0.3) is 0 Å². The van der Waals surface area contributed by atoms with E-state index in [0.717, 1.165) is 0 Å². The van der Waals surface area contributed by atoms with Crippen LogP contribution in [0.4, 0.5) is 0 Å². The van der Waals surface area contributed by atoms with Gasteiger partial charge in [-0.2, -0.15) is 5.26 Å². The van der Waals surface area contributed by atoms with Gasteiger partial charge in [0.15, 0.2) is 0 Å². The summed E-state index contributed by atoms with van der Waals surface area (Å²) in [6.07, 6.45) is 0. The molecule has 0 atom stereocenters. The van der Waals surface area contributed by atoms with Gasteiger partial charge in [0.1, 0.15) is 28.5 Å². The molecule has 0 aliphatic heterocycles. The quantitative estimate of drug-likeness (QED) is 0.434. The van der Waals surface area contributed by atoms with E-state index >= 15 is 0 Å². The largest absolute Gasteiger partial charge is 1.00 e. The van der Waals surface area contributed by atoms with Crippen LogP contribution >= 0.6 is 7.26 Å². The highest BCUT2D eigenvalue weighted by Gasteiger charge is 2.47. The summed E-state index contributed by atoms with van der Waals surface area (Å²) in [6.45, 7) is 0. The fourth-order valence-electron chi connectivity index (χ4n) is 3.61. The molecule has 0 spiro atoms. The van der Waals surface area contributed by atoms with Gasteiger partial charge >= 0.3 is 0 Å². The van der Waals surface area contributed by atoms with E-state index in [2.05, 4.69) is 109 Å². The molecule has 0 amide bonds. The zero-order chi connectivity index (χ0) is 18.5. The number of halogens is 1. The van der Waals surface area contributed by atoms with Crippen LogP contribution in [-0.4, -0.2) is 0 Å². The molecule has 4 rings (SSSR count). The van der Waals surface area contributed by atoms with Crippen molar-refractivity contribution in [2.24, 2.45) is 0 Å². The lowest BCUT2D eigenvalue weighted by Gasteiger charge is -2.27. The van der Waals surface area contributed by atoms with Crippen LogP contribution in [0, 0.1) is 11.3 Å². The summed E-state index contributed by atoms with van der Waals surface area (Å²) < 4.78 is 0. The number of nitrogens with zero attached hydrogens (tertiary/aromatic N) is 1. The number of hydrogen-bond acceptors (Lipinski definition) is 1. The number of nitriles is 1. The van der Waals surface area contributed by atoms with Crippen LogP contribution in [0.1, 0.15) is 5.56 Å². The molecule has 0 saturated carbocycles. The molecule has 4 aromatic rings. The van der Waals surface area contributed by atoms with Crippen LogP contribution in [-0.2, 0) is 0 Å². The van der Waals surface area contributed by atoms with Crippen molar-refractivity contribution in [1.82, 2.24) is 0 Å². The Balaban J connectivity index is 0.00000225. The molecule has 0 unspecified atom stereocenters. The fourth-order valence-corrected chi connectivity index (χ4v) is 7.85. The van der Waals surface area contributed by atoms with E-state index in [-0.39, 0.29) is 17.0 Å². The molecule has 0 heterocycles. The van der Waals surface area contributed by atoms with E-state index in [0.29, 0.717) is 5.56 Å². The molecule has 28 heavy (non-hydrogen) atoms. The van der Waals surface area contributed by atoms with Crippen molar-refractivity contribution in [2.75, 3.05) is 0 Å². The minimum atomic E-state index is -2.05. The van der Waals surface area contributed by atoms with Crippen LogP contribution < -0.4 is 38.2 Å². The molecule has 3 heteroatoms. The van der Waals surface area contributed by atoms with Gasteiger partial charge in [0.05, 0.1) is 11.6 Å². The first-order valence-electron chi connectivity index (χ1n) is 8.92. The van der Waals surface area contributed by atoms with Gasteiger partial charge < -0.3 is 17.0 Å². The van der Waals surface area contributed by atoms with E-state index in [4.69, 9.17) is 0 Å². The summed E-state index contributed by atoms with van der Waals surface area (Å²) in [4.78, 5) is 0. The summed E-state index contributed by atoms with van der Waals surface area (Å²) in [6, 6.07) is 42.6. The smallest absolute Gasteiger partial charge is 0.144 e. The highest BCUT2D eigenvalue weighted by molar-refractivity contribution is 8.01. The summed E-state index contributed by atoms with van der Waals surface area (Å²) in [7, 11) is -2.05. The topological polar surface area (TPSA) is 23.8 Å². The molecule has 4 aromatic carbocycles. The van der Waals surface area contributed by atoms with Crippen LogP contribution in [0.3, 0.4) is 0 Å². The van der Waals surface area contributed by atoms with Crippen molar-refractivity contribution in [3.05, 3.63) is 121 Å². The lowest BCUT2D eigenvalue weighted by Crippen LogP contribution is -3.00. The normalized spacial score (nSPS) is 10.5. The molecule has 1 nitrogen and oxygen atoms in total. The summed E-state index contributed by atoms with van der Waals surface area (Å²) in [5, 5.41) is 14.4. The van der Waals surface area contributed by atoms with Gasteiger partial charge in [0, 0.05) is 0 Å². The predicted molar refractivity (Wildman–Crippen MR) is 116 cm³/mol. The van der Waals surface area contributed by atoms with Gasteiger partial charge in [-0.15, -0.1) is 0 Å². The maximum atomic E-state index is 9.24. The van der Waals surface area contributed by atoms with Crippen molar-refractivity contribution < 1.29 is 17.0 Å². The first kappa shape index (κ1) is 20.0. The SMILES string of the molecule is N#Cc1ccc([P+](c2ccccc2)(c2ccccc2)c2ccccc2)cc1.[Br-]. The monoisotopic (exact) mass is 443 g/mol. The van der Waals surface area contributed by atoms with Crippen molar-refractivity contribution in [3.8, 4) is 6.07 Å². The van der Waals surface area contributed by atoms with Crippen LogP contribution in [0.15, 0.2) is 115 Å². The molecule has 0 fully saturated rings. The van der Waals surface area contributed by atoms with Gasteiger partial charge in [0.2, 0.25) is 0 Å². The second kappa shape index (κ2) is 8.98. The Hall–Kier alpha value is -2.72. The van der Waals surface area contributed by atoms with Gasteiger partial charge in [-0.3, -0.25) is 0 Å². The average Bonchev–Trinajstić information content (AvgIpc) is 2.77. The van der Waals surface area contributed by atoms with Crippen molar-refractivity contribution in [3.63, 3.8) is 0 Å². The van der Waals surface area contributed by atoms with Crippen molar-refractivity contribution >= 4 is 28.5 Å². The van der Waals surface area contributed by atoms with Gasteiger partial charge in [-0.25, -0.2) is 0 Å². The molecular formula is C25H19BrNP. The van der Waals surface area contributed by atoms with E-state index in [9.17, 15) is 5.26 Å². The Labute approximate surface area is 177 Å². The van der Waals surface area contributed by atoms with Crippen LogP contribution in [0.2, 0.25) is 0 Å². The molecule has 0 aliphatic carbocycles. The van der Waals surface area contributed by atoms with E-state index in [1.807, 2.05) is 12.1 Å². The Morgan fingerprint density at radius 3 is 1.11 bits per heavy atom. The van der Waals surface area contributed by atoms with Gasteiger partial charge in [-0.05, 0) is 60.7 Å². The van der Waals surface area contributed by atoms with Gasteiger partial charge in [-0.1, -0.05) is 54.6 Å². The Kier molecular flexibility index (Phi) is 6.42.